The maximum absolute atomic E-state index is 11.7. The van der Waals surface area contributed by atoms with Crippen LogP contribution >= 0.6 is 11.6 Å². The molecule has 1 aliphatic rings. The summed E-state index contributed by atoms with van der Waals surface area (Å²) < 4.78 is 0. The van der Waals surface area contributed by atoms with Crippen molar-refractivity contribution < 1.29 is 4.79 Å². The van der Waals surface area contributed by atoms with E-state index in [2.05, 4.69) is 10.2 Å². The van der Waals surface area contributed by atoms with Crippen molar-refractivity contribution in [3.63, 3.8) is 0 Å². The minimum atomic E-state index is -0.0449. The average Bonchev–Trinajstić information content (AvgIpc) is 2.85. The Morgan fingerprint density at radius 2 is 2.00 bits per heavy atom. The highest BCUT2D eigenvalue weighted by atomic mass is 35.5. The van der Waals surface area contributed by atoms with Crippen LogP contribution in [0.2, 0.25) is 5.02 Å². The maximum Gasteiger partial charge on any atom is 0.226 e. The molecule has 1 saturated heterocycles. The van der Waals surface area contributed by atoms with Gasteiger partial charge in [0.15, 0.2) is 0 Å². The van der Waals surface area contributed by atoms with Gasteiger partial charge in [-0.05, 0) is 31.0 Å². The number of nitrogens with zero attached hydrogens (tertiary/aromatic N) is 1. The summed E-state index contributed by atoms with van der Waals surface area (Å²) >= 11 is 6.12. The average molecular weight is 267 g/mol. The molecule has 0 saturated carbocycles. The van der Waals surface area contributed by atoms with Crippen molar-refractivity contribution in [2.75, 3.05) is 23.3 Å². The van der Waals surface area contributed by atoms with Gasteiger partial charge in [0.25, 0.3) is 0 Å². The molecule has 1 aromatic carbocycles. The molecule has 0 unspecified atom stereocenters. The van der Waals surface area contributed by atoms with E-state index in [0.29, 0.717) is 10.7 Å². The van der Waals surface area contributed by atoms with Crippen LogP contribution in [0.25, 0.3) is 0 Å². The number of hydrogen-bond donors (Lipinski definition) is 1. The fourth-order valence-electron chi connectivity index (χ4n) is 2.06. The largest absolute Gasteiger partial charge is 0.371 e. The molecule has 0 radical (unpaired) electrons. The molecule has 4 heteroatoms. The SMILES string of the molecule is CC(C)C(=O)Nc1cc(N2CCCC2)ccc1Cl. The number of carbonyl (C=O) groups excluding carboxylic acids is 1. The number of hydrogen-bond acceptors (Lipinski definition) is 2. The molecule has 1 N–H and O–H groups in total. The molecule has 0 aromatic heterocycles. The molecule has 3 nitrogen and oxygen atoms in total. The van der Waals surface area contributed by atoms with Gasteiger partial charge in [-0.1, -0.05) is 25.4 Å². The van der Waals surface area contributed by atoms with Gasteiger partial charge in [0.2, 0.25) is 5.91 Å². The highest BCUT2D eigenvalue weighted by Gasteiger charge is 2.15. The number of rotatable bonds is 3. The van der Waals surface area contributed by atoms with E-state index in [0.717, 1.165) is 18.8 Å². The summed E-state index contributed by atoms with van der Waals surface area (Å²) in [4.78, 5) is 14.0. The highest BCUT2D eigenvalue weighted by molar-refractivity contribution is 6.33. The minimum Gasteiger partial charge on any atom is -0.371 e. The predicted octanol–water partition coefficient (Wildman–Crippen LogP) is 3.53. The van der Waals surface area contributed by atoms with Gasteiger partial charge in [-0.3, -0.25) is 4.79 Å². The van der Waals surface area contributed by atoms with Gasteiger partial charge in [-0.2, -0.15) is 0 Å². The molecule has 18 heavy (non-hydrogen) atoms. The highest BCUT2D eigenvalue weighted by Crippen LogP contribution is 2.29. The second-order valence-electron chi connectivity index (χ2n) is 5.00. The van der Waals surface area contributed by atoms with E-state index in [4.69, 9.17) is 11.6 Å². The van der Waals surface area contributed by atoms with Crippen LogP contribution in [0.15, 0.2) is 18.2 Å². The third-order valence-corrected chi connectivity index (χ3v) is 3.53. The van der Waals surface area contributed by atoms with Crippen LogP contribution in [0, 0.1) is 5.92 Å². The standard InChI is InChI=1S/C14H19ClN2O/c1-10(2)14(18)16-13-9-11(5-6-12(13)15)17-7-3-4-8-17/h5-6,9-10H,3-4,7-8H2,1-2H3,(H,16,18). The van der Waals surface area contributed by atoms with Crippen molar-refractivity contribution in [1.82, 2.24) is 0 Å². The zero-order chi connectivity index (χ0) is 13.1. The first kappa shape index (κ1) is 13.2. The number of benzene rings is 1. The van der Waals surface area contributed by atoms with E-state index in [9.17, 15) is 4.79 Å². The van der Waals surface area contributed by atoms with Gasteiger partial charge < -0.3 is 10.2 Å². The van der Waals surface area contributed by atoms with E-state index >= 15 is 0 Å². The third-order valence-electron chi connectivity index (χ3n) is 3.20. The summed E-state index contributed by atoms with van der Waals surface area (Å²) in [6.07, 6.45) is 2.46. The number of amides is 1. The van der Waals surface area contributed by atoms with Gasteiger partial charge in [0.1, 0.15) is 0 Å². The summed E-state index contributed by atoms with van der Waals surface area (Å²) in [6.45, 7) is 5.90. The number of halogens is 1. The normalized spacial score (nSPS) is 15.2. The molecule has 1 fully saturated rings. The Balaban J connectivity index is 2.18. The summed E-state index contributed by atoms with van der Waals surface area (Å²) in [5.41, 5.74) is 1.84. The second-order valence-corrected chi connectivity index (χ2v) is 5.41. The Morgan fingerprint density at radius 3 is 2.61 bits per heavy atom. The van der Waals surface area contributed by atoms with Crippen LogP contribution in [-0.4, -0.2) is 19.0 Å². The molecular formula is C14H19ClN2O. The number of nitrogens with one attached hydrogen (secondary N) is 1. The van der Waals surface area contributed by atoms with Crippen molar-refractivity contribution in [2.24, 2.45) is 5.92 Å². The number of anilines is 2. The summed E-state index contributed by atoms with van der Waals surface area (Å²) in [6, 6.07) is 5.83. The molecule has 0 bridgehead atoms. The van der Waals surface area contributed by atoms with Gasteiger partial charge in [-0.25, -0.2) is 0 Å². The lowest BCUT2D eigenvalue weighted by Gasteiger charge is -2.19. The Kier molecular flexibility index (Phi) is 4.12. The van der Waals surface area contributed by atoms with Crippen molar-refractivity contribution >= 4 is 28.9 Å². The van der Waals surface area contributed by atoms with E-state index < -0.39 is 0 Å². The van der Waals surface area contributed by atoms with Crippen LogP contribution in [0.3, 0.4) is 0 Å². The minimum absolute atomic E-state index is 0.00419. The molecule has 0 spiro atoms. The molecule has 1 heterocycles. The van der Waals surface area contributed by atoms with Crippen LogP contribution in [-0.2, 0) is 4.79 Å². The zero-order valence-electron chi connectivity index (χ0n) is 10.9. The van der Waals surface area contributed by atoms with E-state index in [1.807, 2.05) is 32.0 Å². The van der Waals surface area contributed by atoms with E-state index in [1.165, 1.54) is 12.8 Å². The molecule has 1 aromatic rings. The first-order valence-electron chi connectivity index (χ1n) is 6.43. The Morgan fingerprint density at radius 1 is 1.33 bits per heavy atom. The maximum atomic E-state index is 11.7. The molecule has 2 rings (SSSR count). The lowest BCUT2D eigenvalue weighted by atomic mass is 10.2. The Hall–Kier alpha value is -1.22. The quantitative estimate of drug-likeness (QED) is 0.908. The summed E-state index contributed by atoms with van der Waals surface area (Å²) in [7, 11) is 0. The van der Waals surface area contributed by atoms with Gasteiger partial charge >= 0.3 is 0 Å². The topological polar surface area (TPSA) is 32.3 Å². The van der Waals surface area contributed by atoms with Gasteiger partial charge in [0.05, 0.1) is 10.7 Å². The molecule has 0 atom stereocenters. The van der Waals surface area contributed by atoms with E-state index in [1.54, 1.807) is 0 Å². The molecule has 0 aliphatic carbocycles. The molecular weight excluding hydrogens is 248 g/mol. The summed E-state index contributed by atoms with van der Waals surface area (Å²) in [5.74, 6) is -0.0491. The first-order valence-corrected chi connectivity index (χ1v) is 6.81. The van der Waals surface area contributed by atoms with Crippen LogP contribution in [0.5, 0.6) is 0 Å². The first-order chi connectivity index (χ1) is 8.58. The fraction of sp³-hybridized carbons (Fsp3) is 0.500. The monoisotopic (exact) mass is 266 g/mol. The lowest BCUT2D eigenvalue weighted by Crippen LogP contribution is -2.20. The van der Waals surface area contributed by atoms with Crippen molar-refractivity contribution in [3.8, 4) is 0 Å². The third kappa shape index (κ3) is 2.96. The van der Waals surface area contributed by atoms with Crippen molar-refractivity contribution in [2.45, 2.75) is 26.7 Å². The molecule has 1 aliphatic heterocycles. The Labute approximate surface area is 113 Å². The molecule has 1 amide bonds. The Bertz CT molecular complexity index is 439. The molecule has 98 valence electrons. The van der Waals surface area contributed by atoms with Crippen molar-refractivity contribution in [1.29, 1.82) is 0 Å². The number of carbonyl (C=O) groups is 1. The summed E-state index contributed by atoms with van der Waals surface area (Å²) in [5, 5.41) is 3.47. The van der Waals surface area contributed by atoms with Crippen molar-refractivity contribution in [3.05, 3.63) is 23.2 Å². The van der Waals surface area contributed by atoms with Gasteiger partial charge in [0, 0.05) is 24.7 Å². The smallest absolute Gasteiger partial charge is 0.226 e. The fourth-order valence-corrected chi connectivity index (χ4v) is 2.22. The lowest BCUT2D eigenvalue weighted by molar-refractivity contribution is -0.118. The zero-order valence-corrected chi connectivity index (χ0v) is 11.6. The van der Waals surface area contributed by atoms with Crippen LogP contribution in [0.1, 0.15) is 26.7 Å². The van der Waals surface area contributed by atoms with E-state index in [-0.39, 0.29) is 11.8 Å². The second kappa shape index (κ2) is 5.61. The predicted molar refractivity (Wildman–Crippen MR) is 76.4 cm³/mol. The van der Waals surface area contributed by atoms with Crippen LogP contribution in [0.4, 0.5) is 11.4 Å². The van der Waals surface area contributed by atoms with Gasteiger partial charge in [-0.15, -0.1) is 0 Å². The van der Waals surface area contributed by atoms with Crippen LogP contribution < -0.4 is 10.2 Å².